The van der Waals surface area contributed by atoms with Crippen molar-refractivity contribution in [2.45, 2.75) is 90.2 Å². The van der Waals surface area contributed by atoms with Crippen LogP contribution in [0.1, 0.15) is 70.1 Å². The first-order chi connectivity index (χ1) is 11.7. The van der Waals surface area contributed by atoms with Gasteiger partial charge in [-0.25, -0.2) is 0 Å². The lowest BCUT2D eigenvalue weighted by Gasteiger charge is -2.32. The summed E-state index contributed by atoms with van der Waals surface area (Å²) >= 11 is 1.93. The molecule has 3 rings (SSSR count). The molecule has 1 aromatic rings. The van der Waals surface area contributed by atoms with Gasteiger partial charge in [0.05, 0.1) is 11.2 Å². The van der Waals surface area contributed by atoms with Crippen molar-refractivity contribution in [2.75, 3.05) is 0 Å². The summed E-state index contributed by atoms with van der Waals surface area (Å²) < 4.78 is 16.0. The summed E-state index contributed by atoms with van der Waals surface area (Å²) in [4.78, 5) is 0. The van der Waals surface area contributed by atoms with Gasteiger partial charge >= 0.3 is 7.12 Å². The number of aryl methyl sites for hydroxylation is 2. The zero-order valence-electron chi connectivity index (χ0n) is 16.6. The van der Waals surface area contributed by atoms with Crippen LogP contribution in [0.15, 0.2) is 12.1 Å². The largest absolute Gasteiger partial charge is 0.494 e. The molecule has 1 aromatic carbocycles. The van der Waals surface area contributed by atoms with Crippen LogP contribution in [0.2, 0.25) is 0 Å². The van der Waals surface area contributed by atoms with Gasteiger partial charge < -0.3 is 9.31 Å². The summed E-state index contributed by atoms with van der Waals surface area (Å²) in [6, 6.07) is 4.46. The number of nitrogens with one attached hydrogen (secondary N) is 1. The van der Waals surface area contributed by atoms with Gasteiger partial charge in [0.1, 0.15) is 0 Å². The summed E-state index contributed by atoms with van der Waals surface area (Å²) in [5.41, 5.74) is 4.55. The SMILES string of the molecule is Cc1cc(B2OC(C)(C)C(C)(C)O2)cc(C)c1CNSC1CCCC1. The van der Waals surface area contributed by atoms with E-state index in [0.717, 1.165) is 17.3 Å². The molecule has 1 heterocycles. The van der Waals surface area contributed by atoms with E-state index in [2.05, 4.69) is 58.4 Å². The molecule has 2 fully saturated rings. The topological polar surface area (TPSA) is 30.5 Å². The maximum Gasteiger partial charge on any atom is 0.494 e. The molecule has 0 atom stereocenters. The third kappa shape index (κ3) is 4.10. The molecule has 1 N–H and O–H groups in total. The minimum absolute atomic E-state index is 0.280. The first-order valence-corrected chi connectivity index (χ1v) is 10.4. The fourth-order valence-electron chi connectivity index (χ4n) is 3.66. The average Bonchev–Trinajstić information content (AvgIpc) is 3.08. The van der Waals surface area contributed by atoms with E-state index in [1.807, 2.05) is 11.9 Å². The summed E-state index contributed by atoms with van der Waals surface area (Å²) in [5.74, 6) is 0. The molecular weight excluding hydrogens is 329 g/mol. The Bertz CT molecular complexity index is 587. The lowest BCUT2D eigenvalue weighted by Crippen LogP contribution is -2.41. The molecule has 0 bridgehead atoms. The molecule has 2 aliphatic rings. The Morgan fingerprint density at radius 1 is 1.04 bits per heavy atom. The van der Waals surface area contributed by atoms with Crippen molar-refractivity contribution in [3.05, 3.63) is 28.8 Å². The van der Waals surface area contributed by atoms with Gasteiger partial charge in [-0.1, -0.05) is 36.9 Å². The third-order valence-electron chi connectivity index (χ3n) is 6.04. The van der Waals surface area contributed by atoms with Gasteiger partial charge in [0.25, 0.3) is 0 Å². The van der Waals surface area contributed by atoms with E-state index >= 15 is 0 Å². The van der Waals surface area contributed by atoms with Gasteiger partial charge in [-0.3, -0.25) is 4.72 Å². The molecule has 1 aliphatic carbocycles. The van der Waals surface area contributed by atoms with E-state index in [9.17, 15) is 0 Å². The van der Waals surface area contributed by atoms with E-state index in [1.54, 1.807) is 0 Å². The zero-order chi connectivity index (χ0) is 18.2. The maximum absolute atomic E-state index is 6.21. The van der Waals surface area contributed by atoms with E-state index < -0.39 is 0 Å². The Hall–Kier alpha value is -0.485. The molecule has 1 saturated carbocycles. The van der Waals surface area contributed by atoms with Gasteiger partial charge in [-0.05, 0) is 76.5 Å². The predicted octanol–water partition coefficient (Wildman–Crippen LogP) is 4.28. The number of benzene rings is 1. The van der Waals surface area contributed by atoms with Crippen LogP contribution in [-0.2, 0) is 15.9 Å². The molecular formula is C20H32BNO2S. The van der Waals surface area contributed by atoms with Crippen molar-refractivity contribution in [2.24, 2.45) is 0 Å². The van der Waals surface area contributed by atoms with E-state index in [-0.39, 0.29) is 18.3 Å². The lowest BCUT2D eigenvalue weighted by molar-refractivity contribution is 0.00578. The average molecular weight is 361 g/mol. The summed E-state index contributed by atoms with van der Waals surface area (Å²) in [6.07, 6.45) is 5.49. The number of rotatable bonds is 5. The summed E-state index contributed by atoms with van der Waals surface area (Å²) in [5, 5.41) is 0.796. The molecule has 0 radical (unpaired) electrons. The molecule has 25 heavy (non-hydrogen) atoms. The third-order valence-corrected chi connectivity index (χ3v) is 7.16. The van der Waals surface area contributed by atoms with Crippen LogP contribution in [-0.4, -0.2) is 23.6 Å². The monoisotopic (exact) mass is 361 g/mol. The first kappa shape index (κ1) is 19.3. The van der Waals surface area contributed by atoms with E-state index in [0.29, 0.717) is 0 Å². The highest BCUT2D eigenvalue weighted by atomic mass is 32.2. The molecule has 1 saturated heterocycles. The Balaban J connectivity index is 1.68. The Morgan fingerprint density at radius 2 is 1.56 bits per heavy atom. The van der Waals surface area contributed by atoms with Crippen LogP contribution < -0.4 is 10.2 Å². The van der Waals surface area contributed by atoms with Crippen LogP contribution in [0, 0.1) is 13.8 Å². The standard InChI is InChI=1S/C20H32BNO2S/c1-14-11-16(21-23-19(3,4)20(5,6)24-21)12-15(2)18(14)13-22-25-17-9-7-8-10-17/h11-12,17,22H,7-10,13H2,1-6H3. The second-order valence-electron chi connectivity index (χ2n) is 8.57. The molecule has 0 amide bonds. The van der Waals surface area contributed by atoms with Crippen molar-refractivity contribution in [1.82, 2.24) is 4.72 Å². The Labute approximate surface area is 157 Å². The molecule has 0 spiro atoms. The van der Waals surface area contributed by atoms with Crippen LogP contribution in [0.4, 0.5) is 0 Å². The molecule has 138 valence electrons. The quantitative estimate of drug-likeness (QED) is 0.626. The fourth-order valence-corrected chi connectivity index (χ4v) is 4.69. The first-order valence-electron chi connectivity index (χ1n) is 9.54. The van der Waals surface area contributed by atoms with E-state index in [4.69, 9.17) is 9.31 Å². The van der Waals surface area contributed by atoms with Gasteiger partial charge in [-0.15, -0.1) is 0 Å². The highest BCUT2D eigenvalue weighted by Gasteiger charge is 2.51. The fraction of sp³-hybridized carbons (Fsp3) is 0.700. The molecule has 3 nitrogen and oxygen atoms in total. The maximum atomic E-state index is 6.21. The normalized spacial score (nSPS) is 22.7. The van der Waals surface area contributed by atoms with E-state index in [1.165, 1.54) is 42.4 Å². The van der Waals surface area contributed by atoms with Gasteiger partial charge in [0.15, 0.2) is 0 Å². The summed E-state index contributed by atoms with van der Waals surface area (Å²) in [7, 11) is -0.280. The van der Waals surface area contributed by atoms with Crippen molar-refractivity contribution < 1.29 is 9.31 Å². The highest BCUT2D eigenvalue weighted by molar-refractivity contribution is 7.98. The Kier molecular flexibility index (Phi) is 5.60. The van der Waals surface area contributed by atoms with Gasteiger partial charge in [0, 0.05) is 11.8 Å². The van der Waals surface area contributed by atoms with Crippen LogP contribution >= 0.6 is 11.9 Å². The summed E-state index contributed by atoms with van der Waals surface area (Å²) in [6.45, 7) is 13.7. The van der Waals surface area contributed by atoms with Crippen molar-refractivity contribution in [1.29, 1.82) is 0 Å². The second-order valence-corrected chi connectivity index (χ2v) is 9.76. The van der Waals surface area contributed by atoms with Crippen LogP contribution in [0.3, 0.4) is 0 Å². The number of hydrogen-bond acceptors (Lipinski definition) is 4. The van der Waals surface area contributed by atoms with Crippen LogP contribution in [0.25, 0.3) is 0 Å². The van der Waals surface area contributed by atoms with Crippen LogP contribution in [0.5, 0.6) is 0 Å². The number of hydrogen-bond donors (Lipinski definition) is 1. The zero-order valence-corrected chi connectivity index (χ0v) is 17.4. The minimum Gasteiger partial charge on any atom is -0.399 e. The van der Waals surface area contributed by atoms with Gasteiger partial charge in [0.2, 0.25) is 0 Å². The molecule has 0 unspecified atom stereocenters. The molecule has 5 heteroatoms. The van der Waals surface area contributed by atoms with Crippen molar-refractivity contribution in [3.8, 4) is 0 Å². The lowest BCUT2D eigenvalue weighted by atomic mass is 9.76. The molecule has 1 aliphatic heterocycles. The Morgan fingerprint density at radius 3 is 2.08 bits per heavy atom. The molecule has 0 aromatic heterocycles. The van der Waals surface area contributed by atoms with Crippen molar-refractivity contribution >= 4 is 24.5 Å². The highest BCUT2D eigenvalue weighted by Crippen LogP contribution is 2.36. The van der Waals surface area contributed by atoms with Crippen molar-refractivity contribution in [3.63, 3.8) is 0 Å². The predicted molar refractivity (Wildman–Crippen MR) is 108 cm³/mol. The smallest absolute Gasteiger partial charge is 0.399 e. The second kappa shape index (κ2) is 7.26. The van der Waals surface area contributed by atoms with Gasteiger partial charge in [-0.2, -0.15) is 0 Å². The minimum atomic E-state index is -0.294.